The molecule has 0 saturated carbocycles. The second-order valence-corrected chi connectivity index (χ2v) is 3.05. The standard InChI is InChI=1S/C10H20O3/c1-3-5-6-7-8-9-12-13-10(11)4-2/h3-9H2,1-2H3. The zero-order valence-electron chi connectivity index (χ0n) is 8.67. The number of carbonyl (C=O) groups is 1. The molecule has 0 spiro atoms. The van der Waals surface area contributed by atoms with Gasteiger partial charge in [0.15, 0.2) is 0 Å². The molecule has 0 aromatic rings. The Morgan fingerprint density at radius 2 is 1.77 bits per heavy atom. The first-order valence-electron chi connectivity index (χ1n) is 5.13. The molecule has 0 aromatic heterocycles. The molecule has 3 heteroatoms. The summed E-state index contributed by atoms with van der Waals surface area (Å²) in [7, 11) is 0. The molecule has 78 valence electrons. The molecular formula is C10H20O3. The Labute approximate surface area is 80.3 Å². The normalized spacial score (nSPS) is 10.0. The van der Waals surface area contributed by atoms with Gasteiger partial charge in [-0.15, -0.1) is 0 Å². The summed E-state index contributed by atoms with van der Waals surface area (Å²) < 4.78 is 0. The maximum atomic E-state index is 10.6. The number of carbonyl (C=O) groups excluding carboxylic acids is 1. The van der Waals surface area contributed by atoms with Crippen molar-refractivity contribution in [2.45, 2.75) is 52.4 Å². The molecular weight excluding hydrogens is 168 g/mol. The van der Waals surface area contributed by atoms with Gasteiger partial charge < -0.3 is 0 Å². The van der Waals surface area contributed by atoms with E-state index in [1.807, 2.05) is 0 Å². The average molecular weight is 188 g/mol. The molecule has 0 bridgehead atoms. The molecule has 13 heavy (non-hydrogen) atoms. The number of hydrogen-bond acceptors (Lipinski definition) is 3. The van der Waals surface area contributed by atoms with Crippen molar-refractivity contribution in [2.75, 3.05) is 6.61 Å². The molecule has 0 unspecified atom stereocenters. The Balaban J connectivity index is 2.95. The van der Waals surface area contributed by atoms with Gasteiger partial charge >= 0.3 is 5.97 Å². The van der Waals surface area contributed by atoms with E-state index in [1.54, 1.807) is 6.92 Å². The number of rotatable bonds is 8. The van der Waals surface area contributed by atoms with Crippen molar-refractivity contribution >= 4 is 5.97 Å². The second kappa shape index (κ2) is 9.52. The van der Waals surface area contributed by atoms with Crippen molar-refractivity contribution in [3.05, 3.63) is 0 Å². The zero-order chi connectivity index (χ0) is 9.94. The van der Waals surface area contributed by atoms with E-state index in [9.17, 15) is 4.79 Å². The number of hydrogen-bond donors (Lipinski definition) is 0. The summed E-state index contributed by atoms with van der Waals surface area (Å²) in [4.78, 5) is 19.8. The Morgan fingerprint density at radius 3 is 2.38 bits per heavy atom. The van der Waals surface area contributed by atoms with Crippen LogP contribution in [0.1, 0.15) is 52.4 Å². The van der Waals surface area contributed by atoms with Crippen LogP contribution in [-0.4, -0.2) is 12.6 Å². The zero-order valence-corrected chi connectivity index (χ0v) is 8.67. The van der Waals surface area contributed by atoms with Crippen molar-refractivity contribution in [2.24, 2.45) is 0 Å². The molecule has 0 aliphatic heterocycles. The number of unbranched alkanes of at least 4 members (excludes halogenated alkanes) is 4. The van der Waals surface area contributed by atoms with E-state index in [1.165, 1.54) is 19.3 Å². The van der Waals surface area contributed by atoms with E-state index >= 15 is 0 Å². The first kappa shape index (κ1) is 12.4. The molecule has 0 saturated heterocycles. The van der Waals surface area contributed by atoms with E-state index < -0.39 is 0 Å². The summed E-state index contributed by atoms with van der Waals surface area (Å²) in [6.07, 6.45) is 6.24. The predicted molar refractivity (Wildman–Crippen MR) is 51.1 cm³/mol. The largest absolute Gasteiger partial charge is 0.342 e. The van der Waals surface area contributed by atoms with Crippen LogP contribution in [0.3, 0.4) is 0 Å². The van der Waals surface area contributed by atoms with Gasteiger partial charge in [0.2, 0.25) is 0 Å². The second-order valence-electron chi connectivity index (χ2n) is 3.05. The molecule has 3 nitrogen and oxygen atoms in total. The van der Waals surface area contributed by atoms with Gasteiger partial charge in [-0.1, -0.05) is 39.5 Å². The maximum absolute atomic E-state index is 10.6. The Morgan fingerprint density at radius 1 is 1.08 bits per heavy atom. The van der Waals surface area contributed by atoms with Crippen LogP contribution in [0.15, 0.2) is 0 Å². The average Bonchev–Trinajstić information content (AvgIpc) is 2.16. The molecule has 0 heterocycles. The molecule has 0 fully saturated rings. The van der Waals surface area contributed by atoms with E-state index in [4.69, 9.17) is 4.89 Å². The lowest BCUT2D eigenvalue weighted by molar-refractivity contribution is -0.272. The Hall–Kier alpha value is -0.570. The highest BCUT2D eigenvalue weighted by Gasteiger charge is 1.98. The summed E-state index contributed by atoms with van der Waals surface area (Å²) in [6.45, 7) is 4.45. The highest BCUT2D eigenvalue weighted by Crippen LogP contribution is 2.02. The van der Waals surface area contributed by atoms with E-state index in [0.717, 1.165) is 12.8 Å². The van der Waals surface area contributed by atoms with Crippen LogP contribution in [0.4, 0.5) is 0 Å². The lowest BCUT2D eigenvalue weighted by Gasteiger charge is -2.01. The summed E-state index contributed by atoms with van der Waals surface area (Å²) in [5.74, 6) is -0.298. The van der Waals surface area contributed by atoms with Crippen LogP contribution < -0.4 is 0 Å². The van der Waals surface area contributed by atoms with E-state index in [2.05, 4.69) is 11.8 Å². The van der Waals surface area contributed by atoms with Gasteiger partial charge in [0.25, 0.3) is 0 Å². The summed E-state index contributed by atoms with van der Waals surface area (Å²) in [6, 6.07) is 0. The molecule has 0 aromatic carbocycles. The minimum Gasteiger partial charge on any atom is -0.298 e. The van der Waals surface area contributed by atoms with Crippen LogP contribution in [0.2, 0.25) is 0 Å². The predicted octanol–water partition coefficient (Wildman–Crippen LogP) is 2.84. The van der Waals surface area contributed by atoms with Gasteiger partial charge in [-0.05, 0) is 6.42 Å². The van der Waals surface area contributed by atoms with Gasteiger partial charge in [-0.25, -0.2) is 4.79 Å². The van der Waals surface area contributed by atoms with Crippen LogP contribution in [0.25, 0.3) is 0 Å². The van der Waals surface area contributed by atoms with E-state index in [-0.39, 0.29) is 5.97 Å². The van der Waals surface area contributed by atoms with Gasteiger partial charge in [0.05, 0.1) is 6.61 Å². The fraction of sp³-hybridized carbons (Fsp3) is 0.900. The Bertz CT molecular complexity index is 123. The third-order valence-corrected chi connectivity index (χ3v) is 1.77. The van der Waals surface area contributed by atoms with Crippen molar-refractivity contribution in [3.63, 3.8) is 0 Å². The third-order valence-electron chi connectivity index (χ3n) is 1.77. The van der Waals surface area contributed by atoms with Gasteiger partial charge in [0, 0.05) is 6.42 Å². The Kier molecular flexibility index (Phi) is 9.10. The molecule has 0 aliphatic rings. The summed E-state index contributed by atoms with van der Waals surface area (Å²) >= 11 is 0. The van der Waals surface area contributed by atoms with E-state index in [0.29, 0.717) is 13.0 Å². The van der Waals surface area contributed by atoms with Crippen molar-refractivity contribution in [1.29, 1.82) is 0 Å². The topological polar surface area (TPSA) is 35.5 Å². The minimum absolute atomic E-state index is 0.298. The van der Waals surface area contributed by atoms with Crippen molar-refractivity contribution in [3.8, 4) is 0 Å². The SMILES string of the molecule is CCCCCCCOOC(=O)CC. The van der Waals surface area contributed by atoms with Gasteiger partial charge in [-0.2, -0.15) is 4.89 Å². The summed E-state index contributed by atoms with van der Waals surface area (Å²) in [5, 5.41) is 0. The quantitative estimate of drug-likeness (QED) is 0.334. The third kappa shape index (κ3) is 9.34. The van der Waals surface area contributed by atoms with Crippen LogP contribution in [0.5, 0.6) is 0 Å². The fourth-order valence-electron chi connectivity index (χ4n) is 0.931. The fourth-order valence-corrected chi connectivity index (χ4v) is 0.931. The first-order chi connectivity index (χ1) is 6.31. The lowest BCUT2D eigenvalue weighted by atomic mass is 10.2. The monoisotopic (exact) mass is 188 g/mol. The molecule has 0 radical (unpaired) electrons. The maximum Gasteiger partial charge on any atom is 0.342 e. The van der Waals surface area contributed by atoms with Gasteiger partial charge in [-0.3, -0.25) is 4.89 Å². The highest BCUT2D eigenvalue weighted by atomic mass is 17.2. The lowest BCUT2D eigenvalue weighted by Crippen LogP contribution is -2.04. The van der Waals surface area contributed by atoms with Crippen LogP contribution >= 0.6 is 0 Å². The minimum atomic E-state index is -0.298. The first-order valence-corrected chi connectivity index (χ1v) is 5.13. The summed E-state index contributed by atoms with van der Waals surface area (Å²) in [5.41, 5.74) is 0. The molecule has 0 aliphatic carbocycles. The van der Waals surface area contributed by atoms with Crippen molar-refractivity contribution in [1.82, 2.24) is 0 Å². The molecule has 0 N–H and O–H groups in total. The van der Waals surface area contributed by atoms with Crippen LogP contribution in [0, 0.1) is 0 Å². The molecule has 0 amide bonds. The molecule has 0 atom stereocenters. The van der Waals surface area contributed by atoms with Crippen LogP contribution in [-0.2, 0) is 14.6 Å². The van der Waals surface area contributed by atoms with Gasteiger partial charge in [0.1, 0.15) is 0 Å². The molecule has 0 rings (SSSR count). The van der Waals surface area contributed by atoms with Crippen molar-refractivity contribution < 1.29 is 14.6 Å². The smallest absolute Gasteiger partial charge is 0.298 e. The highest BCUT2D eigenvalue weighted by molar-refractivity contribution is 5.68.